The average molecular weight is 474 g/mol. The first-order valence-corrected chi connectivity index (χ1v) is 10.8. The van der Waals surface area contributed by atoms with E-state index in [1.807, 2.05) is 0 Å². The van der Waals surface area contributed by atoms with E-state index in [2.05, 4.69) is 15.9 Å². The van der Waals surface area contributed by atoms with Crippen molar-refractivity contribution in [3.05, 3.63) is 57.5 Å². The zero-order chi connectivity index (χ0) is 19.6. The fourth-order valence-corrected chi connectivity index (χ4v) is 5.30. The van der Waals surface area contributed by atoms with E-state index in [1.54, 1.807) is 48.4 Å². The second-order valence-electron chi connectivity index (χ2n) is 6.00. The number of piperazine rings is 1. The van der Waals surface area contributed by atoms with Crippen molar-refractivity contribution in [2.45, 2.75) is 4.90 Å². The van der Waals surface area contributed by atoms with Gasteiger partial charge in [-0.25, -0.2) is 8.42 Å². The fourth-order valence-electron chi connectivity index (χ4n) is 2.87. The summed E-state index contributed by atoms with van der Waals surface area (Å²) in [6.45, 7) is 1.07. The molecular weight excluding hydrogens is 456 g/mol. The van der Waals surface area contributed by atoms with Crippen LogP contribution in [0.15, 0.2) is 51.8 Å². The standard InChI is InChI=1S/C18H18BrClN2O4S/c1-26-15-5-2-13(3-6-15)18(23)21-8-10-22(11-9-21)27(24,25)17-7-4-14(19)12-16(17)20/h2-7,12H,8-11H2,1H3. The van der Waals surface area contributed by atoms with Crippen LogP contribution < -0.4 is 4.74 Å². The van der Waals surface area contributed by atoms with E-state index in [0.29, 0.717) is 28.9 Å². The number of hydrogen-bond acceptors (Lipinski definition) is 4. The van der Waals surface area contributed by atoms with Gasteiger partial charge in [0.05, 0.1) is 12.1 Å². The largest absolute Gasteiger partial charge is 0.497 e. The van der Waals surface area contributed by atoms with Gasteiger partial charge in [-0.2, -0.15) is 4.31 Å². The Morgan fingerprint density at radius 1 is 1.07 bits per heavy atom. The molecule has 2 aromatic rings. The zero-order valence-electron chi connectivity index (χ0n) is 14.6. The predicted octanol–water partition coefficient (Wildman–Crippen LogP) is 3.26. The number of benzene rings is 2. The molecule has 0 N–H and O–H groups in total. The van der Waals surface area contributed by atoms with Crippen molar-refractivity contribution >= 4 is 43.5 Å². The first-order chi connectivity index (χ1) is 12.8. The van der Waals surface area contributed by atoms with Gasteiger partial charge < -0.3 is 9.64 Å². The van der Waals surface area contributed by atoms with E-state index in [1.165, 1.54) is 10.4 Å². The van der Waals surface area contributed by atoms with Gasteiger partial charge in [-0.1, -0.05) is 27.5 Å². The van der Waals surface area contributed by atoms with Gasteiger partial charge in [0, 0.05) is 36.2 Å². The summed E-state index contributed by atoms with van der Waals surface area (Å²) in [7, 11) is -2.14. The number of sulfonamides is 1. The summed E-state index contributed by atoms with van der Waals surface area (Å²) >= 11 is 9.38. The molecule has 6 nitrogen and oxygen atoms in total. The normalized spacial score (nSPS) is 15.6. The van der Waals surface area contributed by atoms with Crippen LogP contribution in [0.1, 0.15) is 10.4 Å². The number of methoxy groups -OCH3 is 1. The molecule has 0 radical (unpaired) electrons. The highest BCUT2D eigenvalue weighted by molar-refractivity contribution is 9.10. The Balaban J connectivity index is 1.69. The highest BCUT2D eigenvalue weighted by Crippen LogP contribution is 2.28. The first kappa shape index (κ1) is 20.1. The number of halogens is 2. The summed E-state index contributed by atoms with van der Waals surface area (Å²) < 4.78 is 32.9. The van der Waals surface area contributed by atoms with Crippen LogP contribution in [0.3, 0.4) is 0 Å². The van der Waals surface area contributed by atoms with E-state index in [9.17, 15) is 13.2 Å². The molecule has 9 heteroatoms. The predicted molar refractivity (Wildman–Crippen MR) is 107 cm³/mol. The minimum atomic E-state index is -3.71. The van der Waals surface area contributed by atoms with Crippen molar-refractivity contribution < 1.29 is 17.9 Å². The van der Waals surface area contributed by atoms with Crippen molar-refractivity contribution in [3.63, 3.8) is 0 Å². The molecule has 1 aliphatic rings. The van der Waals surface area contributed by atoms with Gasteiger partial charge in [0.15, 0.2) is 0 Å². The van der Waals surface area contributed by atoms with Crippen molar-refractivity contribution in [1.82, 2.24) is 9.21 Å². The molecule has 144 valence electrons. The zero-order valence-corrected chi connectivity index (χ0v) is 17.7. The van der Waals surface area contributed by atoms with Gasteiger partial charge in [0.1, 0.15) is 10.6 Å². The van der Waals surface area contributed by atoms with E-state index in [4.69, 9.17) is 16.3 Å². The molecule has 1 heterocycles. The Bertz CT molecular complexity index is 942. The molecule has 0 aromatic heterocycles. The van der Waals surface area contributed by atoms with Gasteiger partial charge in [0.25, 0.3) is 5.91 Å². The molecule has 3 rings (SSSR count). The lowest BCUT2D eigenvalue weighted by atomic mass is 10.2. The molecule has 0 spiro atoms. The highest BCUT2D eigenvalue weighted by Gasteiger charge is 2.31. The molecule has 1 saturated heterocycles. The van der Waals surface area contributed by atoms with Crippen LogP contribution in [-0.4, -0.2) is 56.8 Å². The third-order valence-electron chi connectivity index (χ3n) is 4.37. The Morgan fingerprint density at radius 3 is 2.26 bits per heavy atom. The second-order valence-corrected chi connectivity index (χ2v) is 9.23. The van der Waals surface area contributed by atoms with Crippen LogP contribution in [0.4, 0.5) is 0 Å². The van der Waals surface area contributed by atoms with Crippen LogP contribution in [0.5, 0.6) is 5.75 Å². The van der Waals surface area contributed by atoms with Gasteiger partial charge in [-0.05, 0) is 42.5 Å². The molecule has 0 unspecified atom stereocenters. The number of rotatable bonds is 4. The second kappa shape index (κ2) is 8.18. The van der Waals surface area contributed by atoms with Crippen LogP contribution in [0.2, 0.25) is 5.02 Å². The molecule has 1 amide bonds. The van der Waals surface area contributed by atoms with Gasteiger partial charge in [-0.3, -0.25) is 4.79 Å². The summed E-state index contributed by atoms with van der Waals surface area (Å²) in [6, 6.07) is 11.5. The average Bonchev–Trinajstić information content (AvgIpc) is 2.67. The number of nitrogens with zero attached hydrogens (tertiary/aromatic N) is 2. The Morgan fingerprint density at radius 2 is 1.70 bits per heavy atom. The van der Waals surface area contributed by atoms with E-state index >= 15 is 0 Å². The molecular formula is C18H18BrClN2O4S. The Kier molecular flexibility index (Phi) is 6.10. The third kappa shape index (κ3) is 4.29. The van der Waals surface area contributed by atoms with Crippen molar-refractivity contribution in [2.24, 2.45) is 0 Å². The van der Waals surface area contributed by atoms with Crippen molar-refractivity contribution in [3.8, 4) is 5.75 Å². The maximum Gasteiger partial charge on any atom is 0.253 e. The Labute approximate surface area is 171 Å². The molecule has 0 aliphatic carbocycles. The molecule has 2 aromatic carbocycles. The number of carbonyl (C=O) groups excluding carboxylic acids is 1. The molecule has 0 atom stereocenters. The molecule has 0 saturated carbocycles. The maximum atomic E-state index is 12.8. The van der Waals surface area contributed by atoms with Crippen molar-refractivity contribution in [1.29, 1.82) is 0 Å². The number of amides is 1. The van der Waals surface area contributed by atoms with Gasteiger partial charge >= 0.3 is 0 Å². The lowest BCUT2D eigenvalue weighted by molar-refractivity contribution is 0.0698. The number of hydrogen-bond donors (Lipinski definition) is 0. The highest BCUT2D eigenvalue weighted by atomic mass is 79.9. The molecule has 1 aliphatic heterocycles. The Hall–Kier alpha value is -1.61. The summed E-state index contributed by atoms with van der Waals surface area (Å²) in [5, 5.41) is 0.168. The number of carbonyl (C=O) groups is 1. The maximum absolute atomic E-state index is 12.8. The monoisotopic (exact) mass is 472 g/mol. The topological polar surface area (TPSA) is 66.9 Å². The third-order valence-corrected chi connectivity index (χ3v) is 7.25. The smallest absolute Gasteiger partial charge is 0.253 e. The summed E-state index contributed by atoms with van der Waals surface area (Å²) in [6.07, 6.45) is 0. The summed E-state index contributed by atoms with van der Waals surface area (Å²) in [5.74, 6) is 0.546. The lowest BCUT2D eigenvalue weighted by Gasteiger charge is -2.34. The van der Waals surface area contributed by atoms with Crippen LogP contribution >= 0.6 is 27.5 Å². The van der Waals surface area contributed by atoms with E-state index in [0.717, 1.165) is 0 Å². The number of ether oxygens (including phenoxy) is 1. The quantitative estimate of drug-likeness (QED) is 0.684. The minimum Gasteiger partial charge on any atom is -0.497 e. The van der Waals surface area contributed by atoms with Gasteiger partial charge in [-0.15, -0.1) is 0 Å². The van der Waals surface area contributed by atoms with E-state index < -0.39 is 10.0 Å². The first-order valence-electron chi connectivity index (χ1n) is 8.21. The minimum absolute atomic E-state index is 0.0716. The molecule has 1 fully saturated rings. The summed E-state index contributed by atoms with van der Waals surface area (Å²) in [5.41, 5.74) is 0.545. The van der Waals surface area contributed by atoms with E-state index in [-0.39, 0.29) is 28.9 Å². The molecule has 27 heavy (non-hydrogen) atoms. The van der Waals surface area contributed by atoms with Crippen LogP contribution in [-0.2, 0) is 10.0 Å². The van der Waals surface area contributed by atoms with Crippen LogP contribution in [0.25, 0.3) is 0 Å². The lowest BCUT2D eigenvalue weighted by Crippen LogP contribution is -2.50. The SMILES string of the molecule is COc1ccc(C(=O)N2CCN(S(=O)(=O)c3ccc(Br)cc3Cl)CC2)cc1. The van der Waals surface area contributed by atoms with Crippen LogP contribution in [0, 0.1) is 0 Å². The van der Waals surface area contributed by atoms with Crippen molar-refractivity contribution in [2.75, 3.05) is 33.3 Å². The van der Waals surface area contributed by atoms with Gasteiger partial charge in [0.2, 0.25) is 10.0 Å². The fraction of sp³-hybridized carbons (Fsp3) is 0.278. The molecule has 0 bridgehead atoms. The summed E-state index contributed by atoms with van der Waals surface area (Å²) in [4.78, 5) is 14.3.